The standard InChI is InChI=1S/C10H13N5O2/c1-6(2)15-8(7(10(16)17)12-13-15)9-11-4-5-14(9)3/h4-6H,1-3H3,(H,16,17). The Morgan fingerprint density at radius 3 is 2.65 bits per heavy atom. The molecule has 0 unspecified atom stereocenters. The van der Waals surface area contributed by atoms with Gasteiger partial charge in [-0.05, 0) is 13.8 Å². The Hall–Kier alpha value is -2.18. The van der Waals surface area contributed by atoms with E-state index in [1.807, 2.05) is 13.8 Å². The normalized spacial score (nSPS) is 11.1. The van der Waals surface area contributed by atoms with Gasteiger partial charge in [0.25, 0.3) is 0 Å². The fourth-order valence-corrected chi connectivity index (χ4v) is 1.60. The van der Waals surface area contributed by atoms with Crippen LogP contribution in [0, 0.1) is 0 Å². The Morgan fingerprint density at radius 1 is 1.47 bits per heavy atom. The van der Waals surface area contributed by atoms with Crippen molar-refractivity contribution in [3.05, 3.63) is 18.1 Å². The number of aromatic carboxylic acids is 1. The van der Waals surface area contributed by atoms with Crippen LogP contribution in [0.15, 0.2) is 12.4 Å². The number of nitrogens with zero attached hydrogens (tertiary/aromatic N) is 5. The zero-order valence-electron chi connectivity index (χ0n) is 9.82. The number of rotatable bonds is 3. The maximum atomic E-state index is 11.1. The van der Waals surface area contributed by atoms with Gasteiger partial charge in [0.2, 0.25) is 5.69 Å². The summed E-state index contributed by atoms with van der Waals surface area (Å²) in [5.41, 5.74) is 0.355. The van der Waals surface area contributed by atoms with Gasteiger partial charge < -0.3 is 9.67 Å². The molecule has 0 aliphatic heterocycles. The predicted octanol–water partition coefficient (Wildman–Crippen LogP) is 0.958. The van der Waals surface area contributed by atoms with Gasteiger partial charge in [-0.15, -0.1) is 5.10 Å². The molecule has 7 heteroatoms. The van der Waals surface area contributed by atoms with Crippen molar-refractivity contribution in [3.8, 4) is 11.5 Å². The lowest BCUT2D eigenvalue weighted by molar-refractivity contribution is 0.0691. The molecule has 0 bridgehead atoms. The number of hydrogen-bond donors (Lipinski definition) is 1. The van der Waals surface area contributed by atoms with Crippen LogP contribution in [0.25, 0.3) is 11.5 Å². The van der Waals surface area contributed by atoms with Gasteiger partial charge in [-0.1, -0.05) is 5.21 Å². The molecule has 0 saturated heterocycles. The van der Waals surface area contributed by atoms with Crippen LogP contribution in [0.4, 0.5) is 0 Å². The summed E-state index contributed by atoms with van der Waals surface area (Å²) in [4.78, 5) is 15.3. The fraction of sp³-hybridized carbons (Fsp3) is 0.400. The lowest BCUT2D eigenvalue weighted by Crippen LogP contribution is -2.09. The van der Waals surface area contributed by atoms with Crippen molar-refractivity contribution < 1.29 is 9.90 Å². The highest BCUT2D eigenvalue weighted by molar-refractivity contribution is 5.91. The van der Waals surface area contributed by atoms with Crippen molar-refractivity contribution in [3.63, 3.8) is 0 Å². The van der Waals surface area contributed by atoms with E-state index in [0.29, 0.717) is 11.5 Å². The first-order valence-electron chi connectivity index (χ1n) is 5.18. The first-order valence-corrected chi connectivity index (χ1v) is 5.18. The Labute approximate surface area is 97.7 Å². The second-order valence-corrected chi connectivity index (χ2v) is 3.99. The molecule has 2 heterocycles. The van der Waals surface area contributed by atoms with Gasteiger partial charge in [-0.25, -0.2) is 14.5 Å². The SMILES string of the molecule is CC(C)n1nnc(C(=O)O)c1-c1nccn1C. The van der Waals surface area contributed by atoms with Crippen LogP contribution in [-0.2, 0) is 7.05 Å². The molecule has 7 nitrogen and oxygen atoms in total. The molecule has 0 saturated carbocycles. The molecular weight excluding hydrogens is 222 g/mol. The second kappa shape index (κ2) is 4.00. The molecule has 90 valence electrons. The lowest BCUT2D eigenvalue weighted by atomic mass is 10.2. The quantitative estimate of drug-likeness (QED) is 0.856. The minimum Gasteiger partial charge on any atom is -0.476 e. The number of aromatic nitrogens is 5. The van der Waals surface area contributed by atoms with Crippen molar-refractivity contribution >= 4 is 5.97 Å². The maximum Gasteiger partial charge on any atom is 0.358 e. The summed E-state index contributed by atoms with van der Waals surface area (Å²) < 4.78 is 3.30. The Morgan fingerprint density at radius 2 is 2.18 bits per heavy atom. The summed E-state index contributed by atoms with van der Waals surface area (Å²) >= 11 is 0. The molecule has 0 radical (unpaired) electrons. The Balaban J connectivity index is 2.69. The fourth-order valence-electron chi connectivity index (χ4n) is 1.60. The molecule has 0 spiro atoms. The third-order valence-electron chi connectivity index (χ3n) is 2.42. The molecule has 2 aromatic heterocycles. The van der Waals surface area contributed by atoms with Crippen LogP contribution < -0.4 is 0 Å². The molecule has 0 aliphatic carbocycles. The van der Waals surface area contributed by atoms with E-state index in [9.17, 15) is 4.79 Å². The van der Waals surface area contributed by atoms with E-state index in [2.05, 4.69) is 15.3 Å². The zero-order chi connectivity index (χ0) is 12.6. The molecule has 0 aliphatic rings. The summed E-state index contributed by atoms with van der Waals surface area (Å²) in [6.07, 6.45) is 3.36. The van der Waals surface area contributed by atoms with E-state index in [4.69, 9.17) is 5.11 Å². The van der Waals surface area contributed by atoms with Crippen molar-refractivity contribution in [2.24, 2.45) is 7.05 Å². The monoisotopic (exact) mass is 235 g/mol. The topological polar surface area (TPSA) is 85.8 Å². The molecule has 0 atom stereocenters. The molecule has 0 aromatic carbocycles. The van der Waals surface area contributed by atoms with E-state index in [1.165, 1.54) is 0 Å². The first kappa shape index (κ1) is 11.3. The van der Waals surface area contributed by atoms with Crippen LogP contribution in [0.1, 0.15) is 30.4 Å². The molecule has 17 heavy (non-hydrogen) atoms. The minimum atomic E-state index is -1.10. The number of hydrogen-bond acceptors (Lipinski definition) is 4. The second-order valence-electron chi connectivity index (χ2n) is 3.99. The summed E-state index contributed by atoms with van der Waals surface area (Å²) in [6.45, 7) is 3.82. The third-order valence-corrected chi connectivity index (χ3v) is 2.42. The van der Waals surface area contributed by atoms with Gasteiger partial charge in [0, 0.05) is 25.5 Å². The summed E-state index contributed by atoms with van der Waals surface area (Å²) in [6, 6.07) is 0.0160. The van der Waals surface area contributed by atoms with Gasteiger partial charge in [-0.3, -0.25) is 0 Å². The van der Waals surface area contributed by atoms with Gasteiger partial charge in [0.05, 0.1) is 0 Å². The van der Waals surface area contributed by atoms with Crippen LogP contribution in [-0.4, -0.2) is 35.6 Å². The van der Waals surface area contributed by atoms with Gasteiger partial charge in [0.15, 0.2) is 5.82 Å². The number of aryl methyl sites for hydroxylation is 1. The summed E-state index contributed by atoms with van der Waals surface area (Å²) in [5, 5.41) is 16.7. The Bertz CT molecular complexity index is 555. The number of imidazole rings is 1. The highest BCUT2D eigenvalue weighted by atomic mass is 16.4. The van der Waals surface area contributed by atoms with Crippen molar-refractivity contribution in [1.29, 1.82) is 0 Å². The largest absolute Gasteiger partial charge is 0.476 e. The molecule has 0 amide bonds. The van der Waals surface area contributed by atoms with E-state index < -0.39 is 5.97 Å². The first-order chi connectivity index (χ1) is 8.02. The van der Waals surface area contributed by atoms with Crippen molar-refractivity contribution in [1.82, 2.24) is 24.5 Å². The average molecular weight is 235 g/mol. The maximum absolute atomic E-state index is 11.1. The van der Waals surface area contributed by atoms with E-state index >= 15 is 0 Å². The van der Waals surface area contributed by atoms with E-state index in [-0.39, 0.29) is 11.7 Å². The van der Waals surface area contributed by atoms with Crippen LogP contribution >= 0.6 is 0 Å². The smallest absolute Gasteiger partial charge is 0.358 e. The van der Waals surface area contributed by atoms with Crippen LogP contribution in [0.3, 0.4) is 0 Å². The number of carboxylic acids is 1. The molecule has 2 rings (SSSR count). The van der Waals surface area contributed by atoms with E-state index in [0.717, 1.165) is 0 Å². The zero-order valence-corrected chi connectivity index (χ0v) is 9.82. The third kappa shape index (κ3) is 1.79. The van der Waals surface area contributed by atoms with Gasteiger partial charge in [-0.2, -0.15) is 0 Å². The van der Waals surface area contributed by atoms with Gasteiger partial charge in [0.1, 0.15) is 5.69 Å². The van der Waals surface area contributed by atoms with Crippen LogP contribution in [0.5, 0.6) is 0 Å². The summed E-state index contributed by atoms with van der Waals surface area (Å²) in [5.74, 6) is -0.559. The van der Waals surface area contributed by atoms with Crippen molar-refractivity contribution in [2.75, 3.05) is 0 Å². The van der Waals surface area contributed by atoms with Gasteiger partial charge >= 0.3 is 5.97 Å². The number of carboxylic acid groups (broad SMARTS) is 1. The minimum absolute atomic E-state index is 0.0160. The molecule has 0 fully saturated rings. The van der Waals surface area contributed by atoms with E-state index in [1.54, 1.807) is 28.7 Å². The highest BCUT2D eigenvalue weighted by Crippen LogP contribution is 2.22. The Kier molecular flexibility index (Phi) is 2.66. The van der Waals surface area contributed by atoms with Crippen molar-refractivity contribution in [2.45, 2.75) is 19.9 Å². The lowest BCUT2D eigenvalue weighted by Gasteiger charge is -2.09. The molecule has 1 N–H and O–H groups in total. The predicted molar refractivity (Wildman–Crippen MR) is 59.6 cm³/mol. The van der Waals surface area contributed by atoms with Crippen LogP contribution in [0.2, 0.25) is 0 Å². The molecular formula is C10H13N5O2. The molecule has 2 aromatic rings. The summed E-state index contributed by atoms with van der Waals surface area (Å²) in [7, 11) is 1.80. The number of carbonyl (C=O) groups is 1. The average Bonchev–Trinajstić information content (AvgIpc) is 2.82. The highest BCUT2D eigenvalue weighted by Gasteiger charge is 2.24.